The van der Waals surface area contributed by atoms with Crippen LogP contribution in [-0.4, -0.2) is 23.4 Å². The van der Waals surface area contributed by atoms with Crippen molar-refractivity contribution in [1.29, 1.82) is 0 Å². The Morgan fingerprint density at radius 3 is 3.00 bits per heavy atom. The molecule has 0 aliphatic heterocycles. The van der Waals surface area contributed by atoms with Crippen LogP contribution in [0.2, 0.25) is 0 Å². The first kappa shape index (κ1) is 7.70. The fourth-order valence-electron chi connectivity index (χ4n) is 1.49. The molecule has 0 amide bonds. The summed E-state index contributed by atoms with van der Waals surface area (Å²) in [6, 6.07) is 0. The van der Waals surface area contributed by atoms with Crippen LogP contribution in [0.4, 0.5) is 0 Å². The Hall–Kier alpha value is -0.940. The van der Waals surface area contributed by atoms with Gasteiger partial charge >= 0.3 is 0 Å². The first-order valence-corrected chi connectivity index (χ1v) is 3.83. The van der Waals surface area contributed by atoms with Crippen molar-refractivity contribution in [1.82, 2.24) is 10.1 Å². The molecular weight excluding hydrogens is 158 g/mol. The Morgan fingerprint density at radius 1 is 1.75 bits per heavy atom. The minimum absolute atomic E-state index is 0.244. The molecule has 2 rings (SSSR count). The molecule has 1 aliphatic rings. The summed E-state index contributed by atoms with van der Waals surface area (Å²) >= 11 is 0. The van der Waals surface area contributed by atoms with Gasteiger partial charge in [-0.25, -0.2) is 0 Å². The van der Waals surface area contributed by atoms with Crippen LogP contribution < -0.4 is 5.73 Å². The van der Waals surface area contributed by atoms with E-state index in [-0.39, 0.29) is 6.10 Å². The standard InChI is InChI=1S/C7H11N3O2/c1-11-5-2-7(8,3-5)6-9-4-12-10-6/h4-5H,2-3,8H2,1H3. The van der Waals surface area contributed by atoms with Crippen LogP contribution in [0.15, 0.2) is 10.9 Å². The van der Waals surface area contributed by atoms with Crippen molar-refractivity contribution in [2.45, 2.75) is 24.5 Å². The number of nitrogens with zero attached hydrogens (tertiary/aromatic N) is 2. The van der Waals surface area contributed by atoms with Crippen molar-refractivity contribution in [3.8, 4) is 0 Å². The Balaban J connectivity index is 2.07. The number of ether oxygens (including phenoxy) is 1. The van der Waals surface area contributed by atoms with Gasteiger partial charge in [0.2, 0.25) is 6.39 Å². The number of hydrogen-bond donors (Lipinski definition) is 1. The highest BCUT2D eigenvalue weighted by Crippen LogP contribution is 2.38. The summed E-state index contributed by atoms with van der Waals surface area (Å²) in [5.41, 5.74) is 5.55. The van der Waals surface area contributed by atoms with E-state index in [4.69, 9.17) is 10.5 Å². The summed E-state index contributed by atoms with van der Waals surface area (Å²) in [4.78, 5) is 3.92. The summed E-state index contributed by atoms with van der Waals surface area (Å²) < 4.78 is 9.74. The lowest BCUT2D eigenvalue weighted by Crippen LogP contribution is -2.53. The third kappa shape index (κ3) is 1.02. The number of methoxy groups -OCH3 is 1. The lowest BCUT2D eigenvalue weighted by Gasteiger charge is -2.41. The van der Waals surface area contributed by atoms with E-state index in [1.165, 1.54) is 6.39 Å². The highest BCUT2D eigenvalue weighted by Gasteiger charge is 2.45. The molecule has 12 heavy (non-hydrogen) atoms. The van der Waals surface area contributed by atoms with E-state index in [0.29, 0.717) is 5.82 Å². The normalized spacial score (nSPS) is 34.7. The summed E-state index contributed by atoms with van der Waals surface area (Å²) in [6.07, 6.45) is 3.07. The van der Waals surface area contributed by atoms with Crippen LogP contribution in [0, 0.1) is 0 Å². The second kappa shape index (κ2) is 2.53. The highest BCUT2D eigenvalue weighted by molar-refractivity contribution is 5.10. The van der Waals surface area contributed by atoms with Crippen LogP contribution in [0.25, 0.3) is 0 Å². The van der Waals surface area contributed by atoms with Crippen molar-refractivity contribution >= 4 is 0 Å². The van der Waals surface area contributed by atoms with Gasteiger partial charge in [-0.3, -0.25) is 0 Å². The van der Waals surface area contributed by atoms with Crippen LogP contribution in [0.1, 0.15) is 18.7 Å². The van der Waals surface area contributed by atoms with Gasteiger partial charge in [0, 0.05) is 7.11 Å². The SMILES string of the molecule is COC1CC(N)(c2ncon2)C1. The number of nitrogens with two attached hydrogens (primary N) is 1. The van der Waals surface area contributed by atoms with E-state index in [9.17, 15) is 0 Å². The molecule has 2 N–H and O–H groups in total. The molecule has 1 aromatic heterocycles. The molecule has 0 atom stereocenters. The number of rotatable bonds is 2. The lowest BCUT2D eigenvalue weighted by molar-refractivity contribution is -0.0202. The third-order valence-electron chi connectivity index (χ3n) is 2.32. The summed E-state index contributed by atoms with van der Waals surface area (Å²) in [7, 11) is 1.68. The quantitative estimate of drug-likeness (QED) is 0.676. The predicted octanol–water partition coefficient (Wildman–Crippen LogP) is 0.0324. The molecule has 1 aliphatic carbocycles. The zero-order valence-corrected chi connectivity index (χ0v) is 6.86. The zero-order chi connectivity index (χ0) is 8.60. The van der Waals surface area contributed by atoms with Crippen molar-refractivity contribution in [3.05, 3.63) is 12.2 Å². The van der Waals surface area contributed by atoms with Crippen LogP contribution in [0.5, 0.6) is 0 Å². The van der Waals surface area contributed by atoms with Gasteiger partial charge in [0.05, 0.1) is 11.6 Å². The van der Waals surface area contributed by atoms with E-state index in [1.807, 2.05) is 0 Å². The molecule has 0 aromatic carbocycles. The van der Waals surface area contributed by atoms with Crippen molar-refractivity contribution in [3.63, 3.8) is 0 Å². The minimum atomic E-state index is -0.423. The first-order chi connectivity index (χ1) is 5.74. The molecule has 0 radical (unpaired) electrons. The van der Waals surface area contributed by atoms with Gasteiger partial charge in [-0.15, -0.1) is 0 Å². The molecule has 1 aromatic rings. The second-order valence-corrected chi connectivity index (χ2v) is 3.18. The molecular formula is C7H11N3O2. The number of aromatic nitrogens is 2. The Labute approximate surface area is 69.9 Å². The average Bonchev–Trinajstić information content (AvgIpc) is 2.50. The maximum absolute atomic E-state index is 5.97. The lowest BCUT2D eigenvalue weighted by atomic mass is 9.74. The van der Waals surface area contributed by atoms with Gasteiger partial charge in [0.1, 0.15) is 0 Å². The van der Waals surface area contributed by atoms with Crippen LogP contribution >= 0.6 is 0 Å². The molecule has 1 heterocycles. The number of hydrogen-bond acceptors (Lipinski definition) is 5. The van der Waals surface area contributed by atoms with E-state index in [2.05, 4.69) is 14.7 Å². The summed E-state index contributed by atoms with van der Waals surface area (Å²) in [5.74, 6) is 0.579. The predicted molar refractivity (Wildman–Crippen MR) is 40.2 cm³/mol. The van der Waals surface area contributed by atoms with Crippen LogP contribution in [0.3, 0.4) is 0 Å². The fourth-order valence-corrected chi connectivity index (χ4v) is 1.49. The van der Waals surface area contributed by atoms with Crippen molar-refractivity contribution < 1.29 is 9.26 Å². The van der Waals surface area contributed by atoms with Crippen molar-refractivity contribution in [2.24, 2.45) is 5.73 Å². The summed E-state index contributed by atoms with van der Waals surface area (Å²) in [6.45, 7) is 0. The van der Waals surface area contributed by atoms with Gasteiger partial charge in [-0.1, -0.05) is 5.16 Å². The van der Waals surface area contributed by atoms with Gasteiger partial charge < -0.3 is 15.0 Å². The molecule has 5 heteroatoms. The molecule has 0 bridgehead atoms. The Bertz CT molecular complexity index is 254. The van der Waals surface area contributed by atoms with E-state index in [0.717, 1.165) is 12.8 Å². The van der Waals surface area contributed by atoms with E-state index < -0.39 is 5.54 Å². The molecule has 1 saturated carbocycles. The highest BCUT2D eigenvalue weighted by atomic mass is 16.5. The Kier molecular flexibility index (Phi) is 1.62. The molecule has 5 nitrogen and oxygen atoms in total. The third-order valence-corrected chi connectivity index (χ3v) is 2.32. The summed E-state index contributed by atoms with van der Waals surface area (Å²) in [5, 5.41) is 3.71. The fraction of sp³-hybridized carbons (Fsp3) is 0.714. The monoisotopic (exact) mass is 169 g/mol. The van der Waals surface area contributed by atoms with Crippen molar-refractivity contribution in [2.75, 3.05) is 7.11 Å². The second-order valence-electron chi connectivity index (χ2n) is 3.18. The smallest absolute Gasteiger partial charge is 0.213 e. The average molecular weight is 169 g/mol. The maximum atomic E-state index is 5.97. The van der Waals surface area contributed by atoms with E-state index in [1.54, 1.807) is 7.11 Å². The van der Waals surface area contributed by atoms with Gasteiger partial charge in [-0.05, 0) is 12.8 Å². The van der Waals surface area contributed by atoms with Crippen LogP contribution in [-0.2, 0) is 10.3 Å². The first-order valence-electron chi connectivity index (χ1n) is 3.83. The largest absolute Gasteiger partial charge is 0.381 e. The minimum Gasteiger partial charge on any atom is -0.381 e. The van der Waals surface area contributed by atoms with Gasteiger partial charge in [0.25, 0.3) is 0 Å². The Morgan fingerprint density at radius 2 is 2.50 bits per heavy atom. The zero-order valence-electron chi connectivity index (χ0n) is 6.86. The molecule has 66 valence electrons. The molecule has 0 saturated heterocycles. The van der Waals surface area contributed by atoms with Gasteiger partial charge in [-0.2, -0.15) is 4.98 Å². The topological polar surface area (TPSA) is 74.2 Å². The maximum Gasteiger partial charge on any atom is 0.213 e. The van der Waals surface area contributed by atoms with E-state index >= 15 is 0 Å². The van der Waals surface area contributed by atoms with Gasteiger partial charge in [0.15, 0.2) is 5.82 Å². The molecule has 0 unspecified atom stereocenters. The molecule has 1 fully saturated rings. The molecule has 0 spiro atoms.